The lowest BCUT2D eigenvalue weighted by molar-refractivity contribution is -0.137. The highest BCUT2D eigenvalue weighted by Crippen LogP contribution is 2.07. The number of carbonyl (C=O) groups excluding carboxylic acids is 4. The Morgan fingerprint density at radius 1 is 0.971 bits per heavy atom. The molecule has 0 fully saturated rings. The van der Waals surface area contributed by atoms with Crippen LogP contribution in [0, 0.1) is 0 Å². The molecule has 0 aliphatic heterocycles. The van der Waals surface area contributed by atoms with Crippen LogP contribution in [-0.4, -0.2) is 60.9 Å². The van der Waals surface area contributed by atoms with Crippen LogP contribution in [-0.2, 0) is 41.6 Å². The van der Waals surface area contributed by atoms with Crippen molar-refractivity contribution in [2.24, 2.45) is 5.73 Å². The Hall–Kier alpha value is -3.27. The van der Waals surface area contributed by atoms with E-state index in [1.165, 1.54) is 0 Å². The zero-order valence-corrected chi connectivity index (χ0v) is 19.4. The van der Waals surface area contributed by atoms with Crippen molar-refractivity contribution in [2.45, 2.75) is 63.8 Å². The van der Waals surface area contributed by atoms with Crippen LogP contribution in [0.1, 0.15) is 56.1 Å². The van der Waals surface area contributed by atoms with Crippen LogP contribution in [0.3, 0.4) is 0 Å². The molecule has 0 saturated heterocycles. The highest BCUT2D eigenvalue weighted by atomic mass is 16.5. The Balaban J connectivity index is 2.13. The number of nitrogens with two attached hydrogens (primary N) is 1. The molecule has 1 aromatic rings. The van der Waals surface area contributed by atoms with E-state index in [0.717, 1.165) is 23.8 Å². The van der Waals surface area contributed by atoms with E-state index in [0.29, 0.717) is 45.3 Å². The van der Waals surface area contributed by atoms with Gasteiger partial charge >= 0.3 is 5.97 Å². The molecule has 1 rings (SSSR count). The maximum absolute atomic E-state index is 11.9. The number of benzene rings is 1. The summed E-state index contributed by atoms with van der Waals surface area (Å²) < 4.78 is 5.41. The van der Waals surface area contributed by atoms with E-state index in [1.54, 1.807) is 0 Å². The number of hydrogen-bond acceptors (Lipinski definition) is 6. The predicted molar refractivity (Wildman–Crippen MR) is 125 cm³/mol. The summed E-state index contributed by atoms with van der Waals surface area (Å²) in [4.78, 5) is 56.1. The summed E-state index contributed by atoms with van der Waals surface area (Å²) in [6.45, 7) is 0.768. The Morgan fingerprint density at radius 2 is 1.65 bits per heavy atom. The minimum atomic E-state index is -0.982. The Bertz CT molecular complexity index is 796. The summed E-state index contributed by atoms with van der Waals surface area (Å²) in [6, 6.07) is 7.12. The van der Waals surface area contributed by atoms with Crippen LogP contribution in [0.2, 0.25) is 0 Å². The molecule has 1 aromatic carbocycles. The van der Waals surface area contributed by atoms with Crippen LogP contribution in [0.4, 0.5) is 0 Å². The molecule has 0 heterocycles. The van der Waals surface area contributed by atoms with Gasteiger partial charge in [-0.1, -0.05) is 24.3 Å². The molecular formula is C24H35N3O7. The molecule has 0 bridgehead atoms. The number of carbonyl (C=O) groups is 5. The number of aryl methyl sites for hydroxylation is 1. The molecule has 10 heteroatoms. The van der Waals surface area contributed by atoms with Gasteiger partial charge in [-0.05, 0) is 49.7 Å². The maximum Gasteiger partial charge on any atom is 0.303 e. The molecule has 188 valence electrons. The van der Waals surface area contributed by atoms with Gasteiger partial charge in [0.2, 0.25) is 17.7 Å². The van der Waals surface area contributed by atoms with Gasteiger partial charge in [0.1, 0.15) is 18.9 Å². The third-order valence-electron chi connectivity index (χ3n) is 5.06. The SMILES string of the molecule is NC(=O)C(CCCCNC(=O)COCCc1ccc(CCC=O)cc1)NC(=O)CCCC(=O)O. The number of aliphatic carboxylic acids is 1. The maximum atomic E-state index is 11.9. The zero-order valence-electron chi connectivity index (χ0n) is 19.4. The number of ether oxygens (including phenoxy) is 1. The van der Waals surface area contributed by atoms with E-state index in [-0.39, 0.29) is 31.8 Å². The van der Waals surface area contributed by atoms with E-state index < -0.39 is 23.8 Å². The zero-order chi connectivity index (χ0) is 25.2. The van der Waals surface area contributed by atoms with Crippen molar-refractivity contribution in [3.8, 4) is 0 Å². The fraction of sp³-hybridized carbons (Fsp3) is 0.542. The Morgan fingerprint density at radius 3 is 2.26 bits per heavy atom. The van der Waals surface area contributed by atoms with Gasteiger partial charge < -0.3 is 31.0 Å². The summed E-state index contributed by atoms with van der Waals surface area (Å²) >= 11 is 0. The number of carboxylic acid groups (broad SMARTS) is 1. The second-order valence-electron chi connectivity index (χ2n) is 7.94. The molecule has 1 atom stereocenters. The van der Waals surface area contributed by atoms with Crippen LogP contribution in [0.5, 0.6) is 0 Å². The van der Waals surface area contributed by atoms with Gasteiger partial charge in [-0.2, -0.15) is 0 Å². The first-order valence-corrected chi connectivity index (χ1v) is 11.5. The molecule has 0 aliphatic rings. The van der Waals surface area contributed by atoms with Crippen molar-refractivity contribution >= 4 is 30.0 Å². The van der Waals surface area contributed by atoms with Gasteiger partial charge in [-0.15, -0.1) is 0 Å². The van der Waals surface area contributed by atoms with Crippen molar-refractivity contribution in [1.82, 2.24) is 10.6 Å². The fourth-order valence-electron chi connectivity index (χ4n) is 3.16. The number of hydrogen-bond donors (Lipinski definition) is 4. The third-order valence-corrected chi connectivity index (χ3v) is 5.06. The highest BCUT2D eigenvalue weighted by molar-refractivity contribution is 5.86. The number of unbranched alkanes of at least 4 members (excludes halogenated alkanes) is 1. The lowest BCUT2D eigenvalue weighted by atomic mass is 10.1. The van der Waals surface area contributed by atoms with E-state index in [2.05, 4.69) is 10.6 Å². The highest BCUT2D eigenvalue weighted by Gasteiger charge is 2.17. The molecular weight excluding hydrogens is 442 g/mol. The molecule has 34 heavy (non-hydrogen) atoms. The quantitative estimate of drug-likeness (QED) is 0.170. The first-order chi connectivity index (χ1) is 16.3. The summed E-state index contributed by atoms with van der Waals surface area (Å²) in [5, 5.41) is 13.8. The van der Waals surface area contributed by atoms with E-state index in [9.17, 15) is 24.0 Å². The molecule has 0 radical (unpaired) electrons. The van der Waals surface area contributed by atoms with Gasteiger partial charge in [-0.25, -0.2) is 0 Å². The van der Waals surface area contributed by atoms with Crippen molar-refractivity contribution in [3.63, 3.8) is 0 Å². The standard InChI is InChI=1S/C24H35N3O7/c25-24(33)20(27-21(29)7-3-8-23(31)32)6-1-2-14-26-22(30)17-34-16-13-19-11-9-18(10-12-19)5-4-15-28/h9-12,15,20H,1-8,13-14,16-17H2,(H2,25,33)(H,26,30)(H,27,29)(H,31,32). The molecule has 3 amide bonds. The monoisotopic (exact) mass is 477 g/mol. The van der Waals surface area contributed by atoms with Crippen molar-refractivity contribution in [2.75, 3.05) is 19.8 Å². The number of carboxylic acids is 1. The summed E-state index contributed by atoms with van der Waals surface area (Å²) in [5.74, 6) is -2.28. The topological polar surface area (TPSA) is 165 Å². The van der Waals surface area contributed by atoms with Crippen LogP contribution in [0.25, 0.3) is 0 Å². The average molecular weight is 478 g/mol. The number of aldehydes is 1. The molecule has 10 nitrogen and oxygen atoms in total. The molecule has 0 aliphatic carbocycles. The van der Waals surface area contributed by atoms with Crippen LogP contribution >= 0.6 is 0 Å². The second-order valence-corrected chi connectivity index (χ2v) is 7.94. The molecule has 0 aromatic heterocycles. The summed E-state index contributed by atoms with van der Waals surface area (Å²) in [6.07, 6.45) is 4.40. The average Bonchev–Trinajstić information content (AvgIpc) is 2.79. The number of rotatable bonds is 19. The van der Waals surface area contributed by atoms with Crippen molar-refractivity contribution in [1.29, 1.82) is 0 Å². The fourth-order valence-corrected chi connectivity index (χ4v) is 3.16. The van der Waals surface area contributed by atoms with Gasteiger partial charge in [-0.3, -0.25) is 19.2 Å². The van der Waals surface area contributed by atoms with E-state index in [1.807, 2.05) is 24.3 Å². The number of amides is 3. The third kappa shape index (κ3) is 14.0. The number of primary amides is 1. The van der Waals surface area contributed by atoms with Gasteiger partial charge in [0.25, 0.3) is 0 Å². The van der Waals surface area contributed by atoms with Crippen LogP contribution < -0.4 is 16.4 Å². The second kappa shape index (κ2) is 17.2. The summed E-state index contributed by atoms with van der Waals surface area (Å²) in [7, 11) is 0. The van der Waals surface area contributed by atoms with Gasteiger partial charge in [0.05, 0.1) is 6.61 Å². The minimum Gasteiger partial charge on any atom is -0.481 e. The van der Waals surface area contributed by atoms with E-state index >= 15 is 0 Å². The van der Waals surface area contributed by atoms with Crippen LogP contribution in [0.15, 0.2) is 24.3 Å². The lowest BCUT2D eigenvalue weighted by Gasteiger charge is -2.15. The largest absolute Gasteiger partial charge is 0.481 e. The van der Waals surface area contributed by atoms with Gasteiger partial charge in [0, 0.05) is 25.8 Å². The normalized spacial score (nSPS) is 11.4. The smallest absolute Gasteiger partial charge is 0.303 e. The Labute approximate surface area is 199 Å². The molecule has 0 saturated carbocycles. The predicted octanol–water partition coefficient (Wildman–Crippen LogP) is 0.889. The molecule has 5 N–H and O–H groups in total. The number of nitrogens with one attached hydrogen (secondary N) is 2. The van der Waals surface area contributed by atoms with Crippen molar-refractivity contribution in [3.05, 3.63) is 35.4 Å². The Kier molecular flexibility index (Phi) is 14.6. The summed E-state index contributed by atoms with van der Waals surface area (Å²) in [5.41, 5.74) is 7.51. The van der Waals surface area contributed by atoms with Crippen molar-refractivity contribution < 1.29 is 33.8 Å². The first kappa shape index (κ1) is 28.8. The molecule has 1 unspecified atom stereocenters. The molecule has 0 spiro atoms. The lowest BCUT2D eigenvalue weighted by Crippen LogP contribution is -2.44. The minimum absolute atomic E-state index is 0.0127. The van der Waals surface area contributed by atoms with Gasteiger partial charge in [0.15, 0.2) is 0 Å². The van der Waals surface area contributed by atoms with E-state index in [4.69, 9.17) is 15.6 Å². The first-order valence-electron chi connectivity index (χ1n) is 11.5.